The summed E-state index contributed by atoms with van der Waals surface area (Å²) in [6.07, 6.45) is 5.58. The molecule has 1 aromatic rings. The number of aromatic nitrogens is 1. The number of anilines is 1. The molecule has 9 heteroatoms. The SMILES string of the molecule is C=CCCCN(C)C(=NC)NCCS(=O)(=O)N1CCN(c2ccccn2)CC1. The predicted molar refractivity (Wildman–Crippen MR) is 115 cm³/mol. The topological polar surface area (TPSA) is 81.1 Å². The van der Waals surface area contributed by atoms with Crippen LogP contribution < -0.4 is 10.2 Å². The van der Waals surface area contributed by atoms with Crippen LogP contribution in [0.2, 0.25) is 0 Å². The van der Waals surface area contributed by atoms with Gasteiger partial charge in [0.15, 0.2) is 5.96 Å². The molecule has 2 heterocycles. The van der Waals surface area contributed by atoms with Gasteiger partial charge in [0.2, 0.25) is 10.0 Å². The van der Waals surface area contributed by atoms with Gasteiger partial charge in [-0.25, -0.2) is 13.4 Å². The Morgan fingerprint density at radius 2 is 2.11 bits per heavy atom. The van der Waals surface area contributed by atoms with Gasteiger partial charge in [0.05, 0.1) is 5.75 Å². The van der Waals surface area contributed by atoms with Crippen molar-refractivity contribution < 1.29 is 8.42 Å². The molecule has 8 nitrogen and oxygen atoms in total. The van der Waals surface area contributed by atoms with E-state index in [0.29, 0.717) is 38.7 Å². The van der Waals surface area contributed by atoms with E-state index in [9.17, 15) is 8.42 Å². The van der Waals surface area contributed by atoms with Crippen LogP contribution in [0.3, 0.4) is 0 Å². The molecule has 1 aliphatic rings. The summed E-state index contributed by atoms with van der Waals surface area (Å²) in [7, 11) is 0.352. The Morgan fingerprint density at radius 1 is 1.36 bits per heavy atom. The third-order valence-corrected chi connectivity index (χ3v) is 6.60. The Kier molecular flexibility index (Phi) is 8.72. The van der Waals surface area contributed by atoms with Crippen molar-refractivity contribution in [2.45, 2.75) is 12.8 Å². The quantitative estimate of drug-likeness (QED) is 0.284. The summed E-state index contributed by atoms with van der Waals surface area (Å²) in [5.74, 6) is 1.65. The smallest absolute Gasteiger partial charge is 0.215 e. The minimum atomic E-state index is -3.30. The number of unbranched alkanes of at least 4 members (excludes halogenated alkanes) is 1. The molecular formula is C19H32N6O2S. The zero-order valence-electron chi connectivity index (χ0n) is 16.9. The summed E-state index contributed by atoms with van der Waals surface area (Å²) in [6.45, 7) is 7.16. The molecule has 0 aromatic carbocycles. The van der Waals surface area contributed by atoms with Gasteiger partial charge in [-0.3, -0.25) is 4.99 Å². The molecule has 1 N–H and O–H groups in total. The van der Waals surface area contributed by atoms with Crippen LogP contribution in [0.4, 0.5) is 5.82 Å². The summed E-state index contributed by atoms with van der Waals surface area (Å²) in [5, 5.41) is 3.15. The highest BCUT2D eigenvalue weighted by Gasteiger charge is 2.27. The molecule has 0 saturated carbocycles. The van der Waals surface area contributed by atoms with Crippen LogP contribution >= 0.6 is 0 Å². The van der Waals surface area contributed by atoms with Crippen molar-refractivity contribution in [1.29, 1.82) is 0 Å². The van der Waals surface area contributed by atoms with Crippen molar-refractivity contribution in [2.75, 3.05) is 64.0 Å². The lowest BCUT2D eigenvalue weighted by Crippen LogP contribution is -2.50. The van der Waals surface area contributed by atoms with Gasteiger partial charge in [-0.1, -0.05) is 12.1 Å². The van der Waals surface area contributed by atoms with Gasteiger partial charge < -0.3 is 15.1 Å². The van der Waals surface area contributed by atoms with E-state index in [-0.39, 0.29) is 5.75 Å². The third-order valence-electron chi connectivity index (χ3n) is 4.72. The number of guanidine groups is 1. The fraction of sp³-hybridized carbons (Fsp3) is 0.579. The number of piperazine rings is 1. The Labute approximate surface area is 169 Å². The van der Waals surface area contributed by atoms with E-state index in [4.69, 9.17) is 0 Å². The molecule has 1 aromatic heterocycles. The molecule has 2 rings (SSSR count). The van der Waals surface area contributed by atoms with Gasteiger partial charge in [-0.2, -0.15) is 4.31 Å². The second-order valence-corrected chi connectivity index (χ2v) is 8.80. The molecule has 0 unspecified atom stereocenters. The number of rotatable bonds is 9. The number of sulfonamides is 1. The summed E-state index contributed by atoms with van der Waals surface area (Å²) in [6, 6.07) is 5.77. The van der Waals surface area contributed by atoms with Gasteiger partial charge in [0.1, 0.15) is 5.82 Å². The molecule has 0 atom stereocenters. The molecule has 0 bridgehead atoms. The second-order valence-electron chi connectivity index (χ2n) is 6.72. The van der Waals surface area contributed by atoms with E-state index >= 15 is 0 Å². The molecule has 0 spiro atoms. The van der Waals surface area contributed by atoms with Gasteiger partial charge >= 0.3 is 0 Å². The Morgan fingerprint density at radius 3 is 2.71 bits per heavy atom. The van der Waals surface area contributed by atoms with E-state index in [1.807, 2.05) is 36.2 Å². The van der Waals surface area contributed by atoms with Crippen LogP contribution in [0.5, 0.6) is 0 Å². The first-order chi connectivity index (χ1) is 13.5. The standard InChI is InChI=1S/C19H32N6O2S/c1-4-5-8-12-23(3)19(20-2)22-11-17-28(26,27)25-15-13-24(14-16-25)18-9-6-7-10-21-18/h4,6-7,9-10H,1,5,8,11-17H2,2-3H3,(H,20,22). The van der Waals surface area contributed by atoms with Crippen LogP contribution in [0.25, 0.3) is 0 Å². The molecule has 0 radical (unpaired) electrons. The first-order valence-electron chi connectivity index (χ1n) is 9.64. The fourth-order valence-corrected chi connectivity index (χ4v) is 4.46. The van der Waals surface area contributed by atoms with E-state index in [1.165, 1.54) is 0 Å². The second kappa shape index (κ2) is 11.0. The Bertz CT molecular complexity index is 730. The molecule has 0 aliphatic carbocycles. The number of hydrogen-bond donors (Lipinski definition) is 1. The monoisotopic (exact) mass is 408 g/mol. The first-order valence-corrected chi connectivity index (χ1v) is 11.3. The highest BCUT2D eigenvalue weighted by molar-refractivity contribution is 7.89. The number of aliphatic imine (C=N–C) groups is 1. The van der Waals surface area contributed by atoms with Crippen LogP contribution in [0.15, 0.2) is 42.0 Å². The van der Waals surface area contributed by atoms with Crippen LogP contribution in [0, 0.1) is 0 Å². The highest BCUT2D eigenvalue weighted by Crippen LogP contribution is 2.14. The van der Waals surface area contributed by atoms with Crippen LogP contribution in [-0.4, -0.2) is 87.7 Å². The molecule has 28 heavy (non-hydrogen) atoms. The van der Waals surface area contributed by atoms with Gasteiger partial charge in [-0.15, -0.1) is 6.58 Å². The minimum Gasteiger partial charge on any atom is -0.355 e. The first kappa shape index (κ1) is 22.2. The Balaban J connectivity index is 1.78. The summed E-state index contributed by atoms with van der Waals surface area (Å²) < 4.78 is 26.9. The van der Waals surface area contributed by atoms with Crippen molar-refractivity contribution in [3.63, 3.8) is 0 Å². The van der Waals surface area contributed by atoms with Crippen LogP contribution in [0.1, 0.15) is 12.8 Å². The molecular weight excluding hydrogens is 376 g/mol. The van der Waals surface area contributed by atoms with Crippen molar-refractivity contribution in [2.24, 2.45) is 4.99 Å². The summed E-state index contributed by atoms with van der Waals surface area (Å²) in [4.78, 5) is 12.7. The maximum absolute atomic E-state index is 12.7. The lowest BCUT2D eigenvalue weighted by molar-refractivity contribution is 0.383. The third kappa shape index (κ3) is 6.49. The van der Waals surface area contributed by atoms with Crippen molar-refractivity contribution >= 4 is 21.8 Å². The van der Waals surface area contributed by atoms with Crippen molar-refractivity contribution in [1.82, 2.24) is 19.5 Å². The maximum Gasteiger partial charge on any atom is 0.215 e. The molecule has 156 valence electrons. The minimum absolute atomic E-state index is 0.0517. The Hall–Kier alpha value is -2.13. The van der Waals surface area contributed by atoms with Gasteiger partial charge in [0, 0.05) is 59.6 Å². The van der Waals surface area contributed by atoms with E-state index in [2.05, 4.69) is 26.8 Å². The zero-order chi connectivity index (χ0) is 20.4. The number of allylic oxidation sites excluding steroid dienone is 1. The number of pyridine rings is 1. The summed E-state index contributed by atoms with van der Waals surface area (Å²) >= 11 is 0. The van der Waals surface area contributed by atoms with Crippen LogP contribution in [-0.2, 0) is 10.0 Å². The highest BCUT2D eigenvalue weighted by atomic mass is 32.2. The molecule has 0 amide bonds. The largest absolute Gasteiger partial charge is 0.355 e. The average molecular weight is 409 g/mol. The number of hydrogen-bond acceptors (Lipinski definition) is 5. The normalized spacial score (nSPS) is 16.1. The fourth-order valence-electron chi connectivity index (χ4n) is 3.12. The predicted octanol–water partition coefficient (Wildman–Crippen LogP) is 1.01. The zero-order valence-corrected chi connectivity index (χ0v) is 17.7. The summed E-state index contributed by atoms with van der Waals surface area (Å²) in [5.41, 5.74) is 0. The van der Waals surface area contributed by atoms with Crippen molar-refractivity contribution in [3.05, 3.63) is 37.1 Å². The van der Waals surface area contributed by atoms with Gasteiger partial charge in [-0.05, 0) is 25.0 Å². The van der Waals surface area contributed by atoms with Gasteiger partial charge in [0.25, 0.3) is 0 Å². The van der Waals surface area contributed by atoms with E-state index < -0.39 is 10.0 Å². The molecule has 1 saturated heterocycles. The molecule has 1 fully saturated rings. The van der Waals surface area contributed by atoms with E-state index in [1.54, 1.807) is 17.5 Å². The maximum atomic E-state index is 12.7. The van der Waals surface area contributed by atoms with E-state index in [0.717, 1.165) is 25.2 Å². The van der Waals surface area contributed by atoms with Crippen molar-refractivity contribution in [3.8, 4) is 0 Å². The lowest BCUT2D eigenvalue weighted by Gasteiger charge is -2.34. The number of nitrogens with zero attached hydrogens (tertiary/aromatic N) is 5. The average Bonchev–Trinajstić information content (AvgIpc) is 2.72. The number of nitrogens with one attached hydrogen (secondary N) is 1. The molecule has 1 aliphatic heterocycles. The lowest BCUT2D eigenvalue weighted by atomic mass is 10.3.